The van der Waals surface area contributed by atoms with E-state index in [1.54, 1.807) is 24.0 Å². The van der Waals surface area contributed by atoms with Crippen molar-refractivity contribution in [1.29, 1.82) is 5.26 Å². The van der Waals surface area contributed by atoms with Crippen molar-refractivity contribution in [3.05, 3.63) is 23.9 Å². The van der Waals surface area contributed by atoms with Gasteiger partial charge in [-0.25, -0.2) is 9.78 Å². The SMILES string of the molecule is CCOC(=O)N1CC(Oc2cc(C#N)ccn2)C1. The first-order chi connectivity index (χ1) is 8.72. The lowest BCUT2D eigenvalue weighted by Gasteiger charge is -2.37. The molecule has 94 valence electrons. The van der Waals surface area contributed by atoms with E-state index in [1.807, 2.05) is 6.07 Å². The normalized spacial score (nSPS) is 14.6. The van der Waals surface area contributed by atoms with Gasteiger partial charge in [0.25, 0.3) is 0 Å². The zero-order valence-electron chi connectivity index (χ0n) is 10.00. The highest BCUT2D eigenvalue weighted by Gasteiger charge is 2.33. The van der Waals surface area contributed by atoms with E-state index in [4.69, 9.17) is 14.7 Å². The van der Waals surface area contributed by atoms with Crippen LogP contribution < -0.4 is 4.74 Å². The standard InChI is InChI=1S/C12H13N3O3/c1-2-17-12(16)15-7-10(8-15)18-11-5-9(6-13)3-4-14-11/h3-5,10H,2,7-8H2,1H3. The van der Waals surface area contributed by atoms with Crippen molar-refractivity contribution in [2.45, 2.75) is 13.0 Å². The number of aromatic nitrogens is 1. The summed E-state index contributed by atoms with van der Waals surface area (Å²) in [6.45, 7) is 3.10. The molecule has 1 aromatic rings. The highest BCUT2D eigenvalue weighted by atomic mass is 16.6. The molecule has 0 atom stereocenters. The van der Waals surface area contributed by atoms with E-state index in [9.17, 15) is 4.79 Å². The highest BCUT2D eigenvalue weighted by molar-refractivity contribution is 5.68. The summed E-state index contributed by atoms with van der Waals surface area (Å²) in [5, 5.41) is 8.74. The Kier molecular flexibility index (Phi) is 3.63. The molecule has 18 heavy (non-hydrogen) atoms. The van der Waals surface area contributed by atoms with Gasteiger partial charge in [-0.3, -0.25) is 0 Å². The van der Waals surface area contributed by atoms with Crippen molar-refractivity contribution in [2.24, 2.45) is 0 Å². The van der Waals surface area contributed by atoms with Gasteiger partial charge in [-0.15, -0.1) is 0 Å². The Hall–Kier alpha value is -2.29. The molecule has 1 aliphatic rings. The van der Waals surface area contributed by atoms with Crippen molar-refractivity contribution in [3.8, 4) is 11.9 Å². The Balaban J connectivity index is 1.83. The van der Waals surface area contributed by atoms with E-state index in [1.165, 1.54) is 6.20 Å². The Bertz CT molecular complexity index is 478. The summed E-state index contributed by atoms with van der Waals surface area (Å²) in [6.07, 6.45) is 1.11. The highest BCUT2D eigenvalue weighted by Crippen LogP contribution is 2.17. The van der Waals surface area contributed by atoms with Crippen molar-refractivity contribution in [3.63, 3.8) is 0 Å². The van der Waals surface area contributed by atoms with Crippen LogP contribution in [-0.4, -0.2) is 41.8 Å². The van der Waals surface area contributed by atoms with Gasteiger partial charge in [-0.2, -0.15) is 5.26 Å². The minimum Gasteiger partial charge on any atom is -0.471 e. The van der Waals surface area contributed by atoms with Crippen LogP contribution >= 0.6 is 0 Å². The van der Waals surface area contributed by atoms with Gasteiger partial charge in [0.15, 0.2) is 0 Å². The van der Waals surface area contributed by atoms with Crippen LogP contribution in [0.2, 0.25) is 0 Å². The Morgan fingerprint density at radius 2 is 2.44 bits per heavy atom. The topological polar surface area (TPSA) is 75.4 Å². The molecule has 0 aliphatic carbocycles. The first-order valence-corrected chi connectivity index (χ1v) is 5.67. The first kappa shape index (κ1) is 12.2. The molecule has 0 saturated carbocycles. The Morgan fingerprint density at radius 1 is 1.67 bits per heavy atom. The second kappa shape index (κ2) is 5.36. The Labute approximate surface area is 105 Å². The molecule has 0 aromatic carbocycles. The van der Waals surface area contributed by atoms with Crippen molar-refractivity contribution >= 4 is 6.09 Å². The summed E-state index contributed by atoms with van der Waals surface area (Å²) in [6, 6.07) is 5.20. The van der Waals surface area contributed by atoms with E-state index in [0.717, 1.165) is 0 Å². The first-order valence-electron chi connectivity index (χ1n) is 5.67. The largest absolute Gasteiger partial charge is 0.471 e. The maximum absolute atomic E-state index is 11.3. The summed E-state index contributed by atoms with van der Waals surface area (Å²) in [5.41, 5.74) is 0.501. The number of nitriles is 1. The number of ether oxygens (including phenoxy) is 2. The molecule has 0 spiro atoms. The zero-order valence-corrected chi connectivity index (χ0v) is 10.00. The molecular weight excluding hydrogens is 234 g/mol. The van der Waals surface area contributed by atoms with Gasteiger partial charge in [0.1, 0.15) is 6.10 Å². The number of amides is 1. The fraction of sp³-hybridized carbons (Fsp3) is 0.417. The number of rotatable bonds is 3. The van der Waals surface area contributed by atoms with E-state index in [2.05, 4.69) is 4.98 Å². The van der Waals surface area contributed by atoms with Crippen molar-refractivity contribution in [1.82, 2.24) is 9.88 Å². The van der Waals surface area contributed by atoms with Gasteiger partial charge >= 0.3 is 6.09 Å². The summed E-state index contributed by atoms with van der Waals surface area (Å²) in [4.78, 5) is 16.9. The maximum atomic E-state index is 11.3. The summed E-state index contributed by atoms with van der Waals surface area (Å²) in [5.74, 6) is 0.405. The average molecular weight is 247 g/mol. The second-order valence-corrected chi connectivity index (χ2v) is 3.84. The fourth-order valence-electron chi connectivity index (χ4n) is 1.59. The monoisotopic (exact) mass is 247 g/mol. The number of carbonyl (C=O) groups is 1. The molecule has 2 rings (SSSR count). The zero-order chi connectivity index (χ0) is 13.0. The maximum Gasteiger partial charge on any atom is 0.410 e. The number of nitrogens with zero attached hydrogens (tertiary/aromatic N) is 3. The molecule has 6 nitrogen and oxygen atoms in total. The second-order valence-electron chi connectivity index (χ2n) is 3.84. The fourth-order valence-corrected chi connectivity index (χ4v) is 1.59. The van der Waals surface area contributed by atoms with E-state index in [0.29, 0.717) is 31.1 Å². The van der Waals surface area contributed by atoms with Gasteiger partial charge in [0.05, 0.1) is 31.3 Å². The lowest BCUT2D eigenvalue weighted by Crippen LogP contribution is -2.56. The number of hydrogen-bond donors (Lipinski definition) is 0. The molecule has 1 saturated heterocycles. The van der Waals surface area contributed by atoms with Gasteiger partial charge in [-0.1, -0.05) is 0 Å². The van der Waals surface area contributed by atoms with Crippen LogP contribution in [0.1, 0.15) is 12.5 Å². The number of pyridine rings is 1. The van der Waals surface area contributed by atoms with Crippen LogP contribution in [0.4, 0.5) is 4.79 Å². The number of likely N-dealkylation sites (tertiary alicyclic amines) is 1. The molecule has 1 aliphatic heterocycles. The van der Waals surface area contributed by atoms with E-state index < -0.39 is 0 Å². The lowest BCUT2D eigenvalue weighted by atomic mass is 10.2. The molecule has 0 unspecified atom stereocenters. The van der Waals surface area contributed by atoms with Gasteiger partial charge in [0, 0.05) is 12.3 Å². The molecule has 0 radical (unpaired) electrons. The third-order valence-electron chi connectivity index (χ3n) is 2.53. The lowest BCUT2D eigenvalue weighted by molar-refractivity contribution is 0.0107. The van der Waals surface area contributed by atoms with Crippen LogP contribution in [-0.2, 0) is 4.74 Å². The van der Waals surface area contributed by atoms with Crippen molar-refractivity contribution < 1.29 is 14.3 Å². The molecule has 1 fully saturated rings. The van der Waals surface area contributed by atoms with Crippen LogP contribution in [0.3, 0.4) is 0 Å². The average Bonchev–Trinajstić information content (AvgIpc) is 2.33. The summed E-state index contributed by atoms with van der Waals surface area (Å²) >= 11 is 0. The molecule has 1 amide bonds. The predicted molar refractivity (Wildman–Crippen MR) is 62.0 cm³/mol. The van der Waals surface area contributed by atoms with E-state index in [-0.39, 0.29) is 12.2 Å². The van der Waals surface area contributed by atoms with E-state index >= 15 is 0 Å². The van der Waals surface area contributed by atoms with Crippen LogP contribution in [0.15, 0.2) is 18.3 Å². The van der Waals surface area contributed by atoms with Gasteiger partial charge < -0.3 is 14.4 Å². The summed E-state index contributed by atoms with van der Waals surface area (Å²) in [7, 11) is 0. The molecule has 0 bridgehead atoms. The van der Waals surface area contributed by atoms with Gasteiger partial charge in [0.2, 0.25) is 5.88 Å². The smallest absolute Gasteiger partial charge is 0.410 e. The van der Waals surface area contributed by atoms with Crippen molar-refractivity contribution in [2.75, 3.05) is 19.7 Å². The molecule has 1 aromatic heterocycles. The van der Waals surface area contributed by atoms with Gasteiger partial charge in [-0.05, 0) is 13.0 Å². The summed E-state index contributed by atoms with van der Waals surface area (Å²) < 4.78 is 10.4. The van der Waals surface area contributed by atoms with Crippen LogP contribution in [0, 0.1) is 11.3 Å². The number of hydrogen-bond acceptors (Lipinski definition) is 5. The third kappa shape index (κ3) is 2.69. The molecule has 2 heterocycles. The Morgan fingerprint density at radius 3 is 3.11 bits per heavy atom. The molecule has 0 N–H and O–H groups in total. The predicted octanol–water partition coefficient (Wildman–Crippen LogP) is 1.17. The number of carbonyl (C=O) groups excluding carboxylic acids is 1. The minimum absolute atomic E-state index is 0.0872. The molecule has 6 heteroatoms. The third-order valence-corrected chi connectivity index (χ3v) is 2.53. The quantitative estimate of drug-likeness (QED) is 0.801. The van der Waals surface area contributed by atoms with Crippen LogP contribution in [0.25, 0.3) is 0 Å². The molecular formula is C12H13N3O3. The van der Waals surface area contributed by atoms with Crippen LogP contribution in [0.5, 0.6) is 5.88 Å². The minimum atomic E-state index is -0.323.